The fourth-order valence-electron chi connectivity index (χ4n) is 3.36. The Kier molecular flexibility index (Phi) is 5.01. The molecule has 2 saturated heterocycles. The van der Waals surface area contributed by atoms with E-state index in [0.717, 1.165) is 0 Å². The summed E-state index contributed by atoms with van der Waals surface area (Å²) in [5.41, 5.74) is 2.06. The van der Waals surface area contributed by atoms with Gasteiger partial charge in [0.25, 0.3) is 5.91 Å². The van der Waals surface area contributed by atoms with Crippen LogP contribution in [0, 0.1) is 0 Å². The molecule has 0 aliphatic carbocycles. The third-order valence-electron chi connectivity index (χ3n) is 4.87. The van der Waals surface area contributed by atoms with Crippen LogP contribution in [0.1, 0.15) is 23.8 Å². The molecule has 1 aromatic rings. The van der Waals surface area contributed by atoms with Crippen LogP contribution in [0.3, 0.4) is 0 Å². The molecule has 138 valence electrons. The van der Waals surface area contributed by atoms with Gasteiger partial charge in [-0.1, -0.05) is 0 Å². The lowest BCUT2D eigenvalue weighted by Gasteiger charge is -2.41. The van der Waals surface area contributed by atoms with Crippen LogP contribution >= 0.6 is 11.3 Å². The number of amides is 3. The molecule has 0 spiro atoms. The molecule has 2 aliphatic rings. The molecular formula is C15H22N4O4S2. The maximum absolute atomic E-state index is 12.7. The molecule has 0 radical (unpaired) electrons. The number of thiazole rings is 1. The van der Waals surface area contributed by atoms with Gasteiger partial charge in [0, 0.05) is 44.1 Å². The number of piperazine rings is 1. The van der Waals surface area contributed by atoms with Crippen LogP contribution in [0.2, 0.25) is 0 Å². The highest BCUT2D eigenvalue weighted by Gasteiger charge is 2.37. The summed E-state index contributed by atoms with van der Waals surface area (Å²) < 4.78 is 23.3. The van der Waals surface area contributed by atoms with Crippen LogP contribution in [-0.4, -0.2) is 90.3 Å². The SMILES string of the molecule is C[C@H]1CN(C(=O)N(C)C2CCS(=O)(=O)C2)CCN1C(=O)c1cscn1. The van der Waals surface area contributed by atoms with E-state index >= 15 is 0 Å². The summed E-state index contributed by atoms with van der Waals surface area (Å²) in [4.78, 5) is 34.2. The van der Waals surface area contributed by atoms with Crippen molar-refractivity contribution in [3.05, 3.63) is 16.6 Å². The van der Waals surface area contributed by atoms with E-state index in [0.29, 0.717) is 31.7 Å². The molecule has 3 rings (SSSR count). The predicted molar refractivity (Wildman–Crippen MR) is 94.4 cm³/mol. The fraction of sp³-hybridized carbons (Fsp3) is 0.667. The molecule has 0 aromatic carbocycles. The van der Waals surface area contributed by atoms with Crippen LogP contribution in [0.4, 0.5) is 4.79 Å². The molecule has 3 heterocycles. The second-order valence-corrected chi connectivity index (χ2v) is 9.57. The van der Waals surface area contributed by atoms with Gasteiger partial charge in [-0.2, -0.15) is 0 Å². The molecule has 8 nitrogen and oxygen atoms in total. The summed E-state index contributed by atoms with van der Waals surface area (Å²) in [6.45, 7) is 3.21. The normalized spacial score (nSPS) is 25.8. The van der Waals surface area contributed by atoms with E-state index in [1.807, 2.05) is 6.92 Å². The Morgan fingerprint density at radius 2 is 2.12 bits per heavy atom. The zero-order valence-electron chi connectivity index (χ0n) is 14.3. The monoisotopic (exact) mass is 386 g/mol. The first-order valence-electron chi connectivity index (χ1n) is 8.20. The van der Waals surface area contributed by atoms with Gasteiger partial charge < -0.3 is 14.7 Å². The Hall–Kier alpha value is -1.68. The lowest BCUT2D eigenvalue weighted by atomic mass is 10.1. The number of hydrogen-bond donors (Lipinski definition) is 0. The Balaban J connectivity index is 1.60. The fourth-order valence-corrected chi connectivity index (χ4v) is 5.66. The van der Waals surface area contributed by atoms with Gasteiger partial charge in [0.2, 0.25) is 0 Å². The first kappa shape index (κ1) is 18.1. The minimum atomic E-state index is -3.03. The quantitative estimate of drug-likeness (QED) is 0.739. The molecule has 1 unspecified atom stereocenters. The predicted octanol–water partition coefficient (Wildman–Crippen LogP) is 0.528. The second kappa shape index (κ2) is 6.91. The lowest BCUT2D eigenvalue weighted by molar-refractivity contribution is 0.0496. The summed E-state index contributed by atoms with van der Waals surface area (Å²) >= 11 is 1.38. The Labute approximate surface area is 151 Å². The standard InChI is InChI=1S/C15H22N4O4S2/c1-11-7-18(4-5-19(11)14(20)13-8-24-10-16-13)15(21)17(2)12-3-6-25(22,23)9-12/h8,10-12H,3-7,9H2,1-2H3/t11-,12?/m0/s1. The molecule has 2 fully saturated rings. The summed E-state index contributed by atoms with van der Waals surface area (Å²) in [6, 6.07) is -0.551. The number of carbonyl (C=O) groups excluding carboxylic acids is 2. The Bertz CT molecular complexity index is 750. The molecule has 1 aromatic heterocycles. The van der Waals surface area contributed by atoms with E-state index < -0.39 is 9.84 Å². The van der Waals surface area contributed by atoms with Crippen molar-refractivity contribution < 1.29 is 18.0 Å². The minimum Gasteiger partial charge on any atom is -0.331 e. The number of rotatable bonds is 2. The largest absolute Gasteiger partial charge is 0.331 e. The Morgan fingerprint density at radius 1 is 1.36 bits per heavy atom. The maximum Gasteiger partial charge on any atom is 0.320 e. The highest BCUT2D eigenvalue weighted by atomic mass is 32.2. The first-order valence-corrected chi connectivity index (χ1v) is 11.0. The van der Waals surface area contributed by atoms with Crippen molar-refractivity contribution >= 4 is 33.1 Å². The summed E-state index contributed by atoms with van der Waals surface area (Å²) in [5, 5.41) is 1.72. The molecule has 0 saturated carbocycles. The number of hydrogen-bond acceptors (Lipinski definition) is 6. The van der Waals surface area contributed by atoms with E-state index in [9.17, 15) is 18.0 Å². The van der Waals surface area contributed by atoms with E-state index in [4.69, 9.17) is 0 Å². The average molecular weight is 386 g/mol. The topological polar surface area (TPSA) is 90.9 Å². The van der Waals surface area contributed by atoms with Gasteiger partial charge in [-0.05, 0) is 13.3 Å². The molecule has 25 heavy (non-hydrogen) atoms. The van der Waals surface area contributed by atoms with Gasteiger partial charge in [-0.25, -0.2) is 18.2 Å². The van der Waals surface area contributed by atoms with E-state index in [-0.39, 0.29) is 35.5 Å². The van der Waals surface area contributed by atoms with Crippen LogP contribution in [-0.2, 0) is 9.84 Å². The van der Waals surface area contributed by atoms with E-state index in [1.165, 1.54) is 16.2 Å². The van der Waals surface area contributed by atoms with Gasteiger partial charge in [-0.15, -0.1) is 11.3 Å². The Morgan fingerprint density at radius 3 is 2.68 bits per heavy atom. The van der Waals surface area contributed by atoms with Gasteiger partial charge in [0.15, 0.2) is 9.84 Å². The van der Waals surface area contributed by atoms with Crippen molar-refractivity contribution in [2.24, 2.45) is 0 Å². The summed E-state index contributed by atoms with van der Waals surface area (Å²) in [6.07, 6.45) is 0.488. The number of carbonyl (C=O) groups is 2. The number of sulfone groups is 1. The van der Waals surface area contributed by atoms with Crippen LogP contribution in [0.5, 0.6) is 0 Å². The number of nitrogens with zero attached hydrogens (tertiary/aromatic N) is 4. The molecule has 0 bridgehead atoms. The van der Waals surface area contributed by atoms with Crippen LogP contribution < -0.4 is 0 Å². The van der Waals surface area contributed by atoms with Gasteiger partial charge in [0.05, 0.1) is 17.0 Å². The van der Waals surface area contributed by atoms with Gasteiger partial charge >= 0.3 is 6.03 Å². The van der Waals surface area contributed by atoms with Crippen molar-refractivity contribution in [3.8, 4) is 0 Å². The van der Waals surface area contributed by atoms with Gasteiger partial charge in [-0.3, -0.25) is 4.79 Å². The number of aromatic nitrogens is 1. The summed E-state index contributed by atoms with van der Waals surface area (Å²) in [5.74, 6) is 0.0605. The molecule has 2 aliphatic heterocycles. The highest BCUT2D eigenvalue weighted by Crippen LogP contribution is 2.20. The van der Waals surface area contributed by atoms with Crippen molar-refractivity contribution in [2.45, 2.75) is 25.4 Å². The zero-order chi connectivity index (χ0) is 18.2. The molecular weight excluding hydrogens is 364 g/mol. The van der Waals surface area contributed by atoms with Crippen molar-refractivity contribution in [1.82, 2.24) is 19.7 Å². The van der Waals surface area contributed by atoms with Gasteiger partial charge in [0.1, 0.15) is 5.69 Å². The number of urea groups is 1. The van der Waals surface area contributed by atoms with Crippen molar-refractivity contribution in [3.63, 3.8) is 0 Å². The first-order chi connectivity index (χ1) is 11.8. The molecule has 0 N–H and O–H groups in total. The molecule has 3 amide bonds. The average Bonchev–Trinajstić information content (AvgIpc) is 3.22. The zero-order valence-corrected chi connectivity index (χ0v) is 15.9. The third kappa shape index (κ3) is 3.79. The maximum atomic E-state index is 12.7. The lowest BCUT2D eigenvalue weighted by Crippen LogP contribution is -2.58. The minimum absolute atomic E-state index is 0.0348. The van der Waals surface area contributed by atoms with Crippen LogP contribution in [0.15, 0.2) is 10.9 Å². The summed E-state index contributed by atoms with van der Waals surface area (Å²) in [7, 11) is -1.37. The smallest absolute Gasteiger partial charge is 0.320 e. The van der Waals surface area contributed by atoms with E-state index in [2.05, 4.69) is 4.98 Å². The highest BCUT2D eigenvalue weighted by molar-refractivity contribution is 7.91. The third-order valence-corrected chi connectivity index (χ3v) is 7.20. The molecule has 2 atom stereocenters. The van der Waals surface area contributed by atoms with Crippen molar-refractivity contribution in [1.29, 1.82) is 0 Å². The van der Waals surface area contributed by atoms with E-state index in [1.54, 1.807) is 27.7 Å². The second-order valence-electron chi connectivity index (χ2n) is 6.62. The van der Waals surface area contributed by atoms with Crippen molar-refractivity contribution in [2.75, 3.05) is 38.2 Å². The van der Waals surface area contributed by atoms with Crippen LogP contribution in [0.25, 0.3) is 0 Å². The molecule has 10 heteroatoms.